The molecule has 0 spiro atoms. The number of piperidine rings is 1. The first-order chi connectivity index (χ1) is 28.1. The zero-order chi connectivity index (χ0) is 40.6. The number of ether oxygens (including phenoxy) is 2. The minimum atomic E-state index is -0.266. The van der Waals surface area contributed by atoms with Crippen LogP contribution >= 0.6 is 0 Å². The van der Waals surface area contributed by atoms with Gasteiger partial charge >= 0.3 is 6.03 Å². The fourth-order valence-corrected chi connectivity index (χ4v) is 8.20. The maximum absolute atomic E-state index is 13.8. The monoisotopic (exact) mass is 791 g/mol. The summed E-state index contributed by atoms with van der Waals surface area (Å²) in [6.45, 7) is 14.1. The van der Waals surface area contributed by atoms with Gasteiger partial charge in [0.15, 0.2) is 5.65 Å². The van der Waals surface area contributed by atoms with Gasteiger partial charge in [0.25, 0.3) is 6.47 Å². The highest BCUT2D eigenvalue weighted by Crippen LogP contribution is 2.39. The number of hydrogen-bond donors (Lipinski definition) is 3. The van der Waals surface area contributed by atoms with Crippen LogP contribution in [-0.4, -0.2) is 92.3 Å². The van der Waals surface area contributed by atoms with Gasteiger partial charge < -0.3 is 29.7 Å². The van der Waals surface area contributed by atoms with E-state index >= 15 is 0 Å². The van der Waals surface area contributed by atoms with Crippen molar-refractivity contribution in [2.75, 3.05) is 49.6 Å². The second-order valence-electron chi connectivity index (χ2n) is 16.5. The Morgan fingerprint density at radius 3 is 2.59 bits per heavy atom. The topological polar surface area (TPSA) is 151 Å². The molecule has 14 heteroatoms. The van der Waals surface area contributed by atoms with E-state index in [-0.39, 0.29) is 30.1 Å². The smallest absolute Gasteiger partial charge is 0.320 e. The zero-order valence-corrected chi connectivity index (χ0v) is 34.1. The lowest BCUT2D eigenvalue weighted by Crippen LogP contribution is -2.38. The fourth-order valence-electron chi connectivity index (χ4n) is 8.20. The summed E-state index contributed by atoms with van der Waals surface area (Å²) < 4.78 is 16.3. The van der Waals surface area contributed by atoms with Crippen LogP contribution in [0.2, 0.25) is 0 Å². The lowest BCUT2D eigenvalue weighted by atomic mass is 9.85. The number of hydrogen-bond acceptors (Lipinski definition) is 9. The van der Waals surface area contributed by atoms with Crippen LogP contribution in [-0.2, 0) is 21.4 Å². The highest BCUT2D eigenvalue weighted by molar-refractivity contribution is 5.89. The number of fused-ring (bicyclic) bond motifs is 2. The van der Waals surface area contributed by atoms with Gasteiger partial charge in [0.1, 0.15) is 17.7 Å². The Bertz CT molecular complexity index is 2150. The second-order valence-corrected chi connectivity index (χ2v) is 16.5. The Balaban J connectivity index is 0.00000166. The summed E-state index contributed by atoms with van der Waals surface area (Å²) >= 11 is 0. The van der Waals surface area contributed by atoms with E-state index in [1.165, 1.54) is 12.0 Å². The molecule has 58 heavy (non-hydrogen) atoms. The molecule has 2 fully saturated rings. The summed E-state index contributed by atoms with van der Waals surface area (Å²) in [5.41, 5.74) is 5.82. The summed E-state index contributed by atoms with van der Waals surface area (Å²) in [5.74, 6) is 2.28. The molecule has 2 aromatic carbocycles. The fraction of sp³-hybridized carbons (Fsp3) is 0.477. The molecule has 0 unspecified atom stereocenters. The van der Waals surface area contributed by atoms with Crippen molar-refractivity contribution in [3.05, 3.63) is 95.3 Å². The van der Waals surface area contributed by atoms with E-state index < -0.39 is 0 Å². The summed E-state index contributed by atoms with van der Waals surface area (Å²) in [4.78, 5) is 27.0. The van der Waals surface area contributed by atoms with Gasteiger partial charge in [-0.25, -0.2) is 9.48 Å². The van der Waals surface area contributed by atoms with Crippen molar-refractivity contribution in [2.45, 2.75) is 96.2 Å². The molecule has 3 aliphatic rings. The van der Waals surface area contributed by atoms with Crippen LogP contribution in [0.4, 0.5) is 16.6 Å². The molecule has 2 amide bonds. The average Bonchev–Trinajstić information content (AvgIpc) is 3.74. The number of rotatable bonds is 9. The van der Waals surface area contributed by atoms with Crippen LogP contribution in [0.25, 0.3) is 11.3 Å². The number of carboxylic acid groups (broad SMARTS) is 1. The number of carbonyl (C=O) groups excluding carboxylic acids is 1. The highest BCUT2D eigenvalue weighted by atomic mass is 16.5. The van der Waals surface area contributed by atoms with Gasteiger partial charge in [0.2, 0.25) is 5.95 Å². The number of urea groups is 1. The molecular formula is C44H57N9O5. The van der Waals surface area contributed by atoms with Gasteiger partial charge in [0, 0.05) is 50.3 Å². The Labute approximate surface area is 340 Å². The molecule has 3 N–H and O–H groups in total. The van der Waals surface area contributed by atoms with E-state index in [9.17, 15) is 4.79 Å². The first-order valence-electron chi connectivity index (χ1n) is 20.6. The van der Waals surface area contributed by atoms with E-state index in [2.05, 4.69) is 99.1 Å². The predicted octanol–water partition coefficient (Wildman–Crippen LogP) is 7.33. The van der Waals surface area contributed by atoms with Crippen LogP contribution in [0, 0.1) is 0 Å². The third-order valence-electron chi connectivity index (χ3n) is 11.3. The van der Waals surface area contributed by atoms with Crippen LogP contribution < -0.4 is 20.3 Å². The Kier molecular flexibility index (Phi) is 12.9. The number of anilines is 2. The molecule has 5 aromatic rings. The first kappa shape index (κ1) is 40.7. The van der Waals surface area contributed by atoms with Crippen molar-refractivity contribution in [3.63, 3.8) is 0 Å². The quantitative estimate of drug-likeness (QED) is 0.130. The third kappa shape index (κ3) is 9.62. The average molecular weight is 792 g/mol. The van der Waals surface area contributed by atoms with Crippen molar-refractivity contribution >= 4 is 29.9 Å². The molecular weight excluding hydrogens is 735 g/mol. The number of nitrogens with one attached hydrogen (secondary N) is 2. The number of nitrogens with zero attached hydrogens (tertiary/aromatic N) is 7. The molecule has 0 bridgehead atoms. The first-order valence-corrected chi connectivity index (χ1v) is 20.6. The van der Waals surface area contributed by atoms with Gasteiger partial charge in [-0.3, -0.25) is 14.5 Å². The minimum absolute atomic E-state index is 0.153. The summed E-state index contributed by atoms with van der Waals surface area (Å²) in [5, 5.41) is 27.4. The SMILES string of the molecule is C[C@H]1CCCCN1c1nnc2ccc(O[C@@H]3CC[C@H](NC(=O)Nc4cc(C(C)(C)C)nn4-c4cccc(CCN5CCCOCC5)c4)c4ccccc43)cn12.O=CO. The van der Waals surface area contributed by atoms with Gasteiger partial charge in [-0.2, -0.15) is 5.10 Å². The predicted molar refractivity (Wildman–Crippen MR) is 224 cm³/mol. The Morgan fingerprint density at radius 1 is 0.948 bits per heavy atom. The van der Waals surface area contributed by atoms with E-state index in [4.69, 9.17) is 24.5 Å². The molecule has 8 rings (SSSR count). The molecule has 5 heterocycles. The van der Waals surface area contributed by atoms with Crippen molar-refractivity contribution in [2.24, 2.45) is 0 Å². The van der Waals surface area contributed by atoms with Gasteiger partial charge in [0.05, 0.1) is 30.2 Å². The zero-order valence-electron chi connectivity index (χ0n) is 34.1. The molecule has 1 aliphatic carbocycles. The van der Waals surface area contributed by atoms with Crippen molar-refractivity contribution in [3.8, 4) is 11.4 Å². The summed E-state index contributed by atoms with van der Waals surface area (Å²) in [6.07, 6.45) is 8.92. The Morgan fingerprint density at radius 2 is 1.78 bits per heavy atom. The van der Waals surface area contributed by atoms with E-state index in [0.717, 1.165) is 118 Å². The molecule has 0 saturated carbocycles. The van der Waals surface area contributed by atoms with Crippen molar-refractivity contribution < 1.29 is 24.2 Å². The number of aromatic nitrogens is 5. The van der Waals surface area contributed by atoms with Crippen molar-refractivity contribution in [1.82, 2.24) is 34.6 Å². The van der Waals surface area contributed by atoms with Crippen LogP contribution in [0.3, 0.4) is 0 Å². The number of benzene rings is 2. The van der Waals surface area contributed by atoms with Crippen LogP contribution in [0.15, 0.2) is 72.9 Å². The van der Waals surface area contributed by atoms with Crippen molar-refractivity contribution in [1.29, 1.82) is 0 Å². The van der Waals surface area contributed by atoms with E-state index in [1.54, 1.807) is 0 Å². The number of amides is 2. The number of carbonyl (C=O) groups is 2. The van der Waals surface area contributed by atoms with Crippen LogP contribution in [0.5, 0.6) is 5.75 Å². The van der Waals surface area contributed by atoms with Gasteiger partial charge in [-0.1, -0.05) is 57.2 Å². The minimum Gasteiger partial charge on any atom is -0.484 e. The molecule has 2 aliphatic heterocycles. The van der Waals surface area contributed by atoms with Crippen LogP contribution in [0.1, 0.15) is 101 Å². The van der Waals surface area contributed by atoms with E-state index in [0.29, 0.717) is 11.9 Å². The maximum atomic E-state index is 13.8. The van der Waals surface area contributed by atoms with E-state index in [1.807, 2.05) is 41.2 Å². The molecule has 14 nitrogen and oxygen atoms in total. The summed E-state index contributed by atoms with van der Waals surface area (Å²) in [7, 11) is 0. The molecule has 308 valence electrons. The Hall–Kier alpha value is -5.47. The molecule has 2 saturated heterocycles. The normalized spacial score (nSPS) is 20.0. The lowest BCUT2D eigenvalue weighted by Gasteiger charge is -2.33. The summed E-state index contributed by atoms with van der Waals surface area (Å²) in [6, 6.07) is 22.7. The standard InChI is InChI=1S/C43H55N9O3.CH2O2/c1-30-11-7-8-22-50(30)42-47-46-39-19-16-33(29-51(39)42)55-37-18-17-36(34-14-5-6-15-35(34)37)44-41(53)45-40-28-38(43(2,3)4)48-52(40)32-13-9-12-31(27-32)20-23-49-21-10-25-54-26-24-49;2-1-3/h5-6,9,12-16,19,27-30,36-37H,7-8,10-11,17-18,20-26H2,1-4H3,(H2,44,45,53);1H,(H,2,3)/t30-,36-,37+;/m0./s1. The number of pyridine rings is 1. The van der Waals surface area contributed by atoms with Gasteiger partial charge in [-0.05, 0) is 92.8 Å². The van der Waals surface area contributed by atoms with Gasteiger partial charge in [-0.15, -0.1) is 10.2 Å². The molecule has 3 atom stereocenters. The molecule has 3 aromatic heterocycles. The lowest BCUT2D eigenvalue weighted by molar-refractivity contribution is -0.122. The maximum Gasteiger partial charge on any atom is 0.320 e. The highest BCUT2D eigenvalue weighted by Gasteiger charge is 2.31. The largest absolute Gasteiger partial charge is 0.484 e. The third-order valence-corrected chi connectivity index (χ3v) is 11.3. The molecule has 0 radical (unpaired) electrons. The second kappa shape index (κ2) is 18.4.